The van der Waals surface area contributed by atoms with Gasteiger partial charge in [-0.05, 0) is 64.0 Å². The first kappa shape index (κ1) is 24.8. The number of aliphatic hydroxyl groups excluding tert-OH is 2. The molecule has 4 unspecified atom stereocenters. The van der Waals surface area contributed by atoms with Crippen molar-refractivity contribution in [3.05, 3.63) is 0 Å². The van der Waals surface area contributed by atoms with Gasteiger partial charge in [-0.2, -0.15) is 0 Å². The van der Waals surface area contributed by atoms with E-state index in [0.29, 0.717) is 24.8 Å². The third kappa shape index (κ3) is 9.89. The molecule has 0 aliphatic rings. The zero-order valence-electron chi connectivity index (χ0n) is 17.6. The number of carbonyl (C=O) groups excluding carboxylic acids is 1. The van der Waals surface area contributed by atoms with Gasteiger partial charge in [-0.25, -0.2) is 0 Å². The van der Waals surface area contributed by atoms with E-state index in [-0.39, 0.29) is 17.6 Å². The third-order valence-corrected chi connectivity index (χ3v) is 14.5. The molecule has 0 aromatic rings. The normalized spacial score (nSPS) is 17.9. The molecule has 0 fully saturated rings. The molecule has 0 rings (SSSR count). The van der Waals surface area contributed by atoms with Crippen LogP contribution in [0.25, 0.3) is 0 Å². The van der Waals surface area contributed by atoms with Crippen LogP contribution in [0.1, 0.15) is 53.9 Å². The van der Waals surface area contributed by atoms with Crippen LogP contribution < -0.4 is 0 Å². The van der Waals surface area contributed by atoms with E-state index in [1.54, 1.807) is 13.8 Å². The molecular formula is C18H40O5Si2. The summed E-state index contributed by atoms with van der Waals surface area (Å²) in [6.07, 6.45) is 0.288. The van der Waals surface area contributed by atoms with Gasteiger partial charge in [0.25, 0.3) is 0 Å². The Bertz CT molecular complexity index is 410. The molecule has 2 N–H and O–H groups in total. The minimum Gasteiger partial charge on any atom is -0.463 e. The van der Waals surface area contributed by atoms with Gasteiger partial charge < -0.3 is 19.1 Å². The first-order chi connectivity index (χ1) is 11.2. The number of hydrogen-bond donors (Lipinski definition) is 2. The lowest BCUT2D eigenvalue weighted by molar-refractivity contribution is -0.146. The second kappa shape index (κ2) is 10.2. The van der Waals surface area contributed by atoms with Gasteiger partial charge in [0.15, 0.2) is 16.6 Å². The van der Waals surface area contributed by atoms with Crippen LogP contribution >= 0.6 is 0 Å². The fourth-order valence-corrected chi connectivity index (χ4v) is 11.9. The maximum Gasteiger partial charge on any atom is 0.302 e. The van der Waals surface area contributed by atoms with Gasteiger partial charge in [-0.3, -0.25) is 4.79 Å². The third-order valence-electron chi connectivity index (χ3n) is 5.05. The second-order valence-corrected chi connectivity index (χ2v) is 18.0. The number of carbonyl (C=O) groups is 1. The highest BCUT2D eigenvalue weighted by molar-refractivity contribution is 6.86. The van der Waals surface area contributed by atoms with Crippen molar-refractivity contribution in [3.63, 3.8) is 0 Å². The Morgan fingerprint density at radius 3 is 1.84 bits per heavy atom. The van der Waals surface area contributed by atoms with Gasteiger partial charge in [0.1, 0.15) is 6.10 Å². The van der Waals surface area contributed by atoms with E-state index in [2.05, 4.69) is 40.0 Å². The predicted molar refractivity (Wildman–Crippen MR) is 108 cm³/mol. The molecule has 25 heavy (non-hydrogen) atoms. The Kier molecular flexibility index (Phi) is 10.1. The molecule has 4 atom stereocenters. The average molecular weight is 393 g/mol. The molecule has 0 bridgehead atoms. The summed E-state index contributed by atoms with van der Waals surface area (Å²) in [4.78, 5) is 11.0. The number of ether oxygens (including phenoxy) is 1. The lowest BCUT2D eigenvalue weighted by Gasteiger charge is -2.42. The summed E-state index contributed by atoms with van der Waals surface area (Å²) in [5, 5.41) is 20.4. The standard InChI is InChI=1S/C18H40O5Si2/c1-13(2)24(6,7)23-25(8,9)18(10-14(3)19)12-17(21)11-15(4)22-16(5)20/h13-15,17-19,21H,10-12H2,1-9H3. The summed E-state index contributed by atoms with van der Waals surface area (Å²) < 4.78 is 11.8. The smallest absolute Gasteiger partial charge is 0.302 e. The number of esters is 1. The summed E-state index contributed by atoms with van der Waals surface area (Å²) in [6.45, 7) is 18.2. The van der Waals surface area contributed by atoms with Crippen LogP contribution in [0.2, 0.25) is 37.3 Å². The molecule has 0 aromatic carbocycles. The summed E-state index contributed by atoms with van der Waals surface area (Å²) in [6, 6.07) is 0. The Labute approximate surface area is 156 Å². The van der Waals surface area contributed by atoms with Gasteiger partial charge >= 0.3 is 5.97 Å². The van der Waals surface area contributed by atoms with Crippen molar-refractivity contribution in [1.29, 1.82) is 0 Å². The minimum atomic E-state index is -2.11. The molecule has 0 saturated carbocycles. The highest BCUT2D eigenvalue weighted by Crippen LogP contribution is 2.37. The van der Waals surface area contributed by atoms with E-state index in [9.17, 15) is 15.0 Å². The lowest BCUT2D eigenvalue weighted by atomic mass is 10.0. The first-order valence-corrected chi connectivity index (χ1v) is 15.4. The van der Waals surface area contributed by atoms with E-state index in [1.165, 1.54) is 6.92 Å². The van der Waals surface area contributed by atoms with Gasteiger partial charge in [0.2, 0.25) is 0 Å². The maximum atomic E-state index is 11.0. The van der Waals surface area contributed by atoms with Crippen LogP contribution in [0.3, 0.4) is 0 Å². The fourth-order valence-electron chi connectivity index (χ4n) is 3.09. The molecule has 0 saturated heterocycles. The van der Waals surface area contributed by atoms with Crippen molar-refractivity contribution in [2.24, 2.45) is 0 Å². The summed E-state index contributed by atoms with van der Waals surface area (Å²) >= 11 is 0. The Balaban J connectivity index is 5.06. The van der Waals surface area contributed by atoms with Crippen LogP contribution in [0, 0.1) is 0 Å². The highest BCUT2D eigenvalue weighted by atomic mass is 28.4. The van der Waals surface area contributed by atoms with Gasteiger partial charge in [-0.1, -0.05) is 13.8 Å². The molecule has 0 spiro atoms. The van der Waals surface area contributed by atoms with Crippen LogP contribution in [0.15, 0.2) is 0 Å². The van der Waals surface area contributed by atoms with Gasteiger partial charge in [-0.15, -0.1) is 0 Å². The molecular weight excluding hydrogens is 352 g/mol. The quantitative estimate of drug-likeness (QED) is 0.410. The Hall–Kier alpha value is -0.216. The van der Waals surface area contributed by atoms with E-state index in [1.807, 2.05) is 0 Å². The van der Waals surface area contributed by atoms with Gasteiger partial charge in [0, 0.05) is 13.3 Å². The number of rotatable bonds is 11. The molecule has 5 nitrogen and oxygen atoms in total. The molecule has 0 heterocycles. The number of hydrogen-bond acceptors (Lipinski definition) is 5. The van der Waals surface area contributed by atoms with E-state index < -0.39 is 28.8 Å². The molecule has 0 radical (unpaired) electrons. The van der Waals surface area contributed by atoms with Gasteiger partial charge in [0.05, 0.1) is 12.2 Å². The monoisotopic (exact) mass is 392 g/mol. The van der Waals surface area contributed by atoms with Crippen LogP contribution in [-0.4, -0.2) is 51.1 Å². The van der Waals surface area contributed by atoms with Crippen molar-refractivity contribution >= 4 is 22.6 Å². The average Bonchev–Trinajstić information content (AvgIpc) is 2.34. The first-order valence-electron chi connectivity index (χ1n) is 9.40. The zero-order chi connectivity index (χ0) is 20.0. The highest BCUT2D eigenvalue weighted by Gasteiger charge is 2.41. The largest absolute Gasteiger partial charge is 0.463 e. The maximum absolute atomic E-state index is 11.0. The van der Waals surface area contributed by atoms with Crippen LogP contribution in [-0.2, 0) is 13.6 Å². The zero-order valence-corrected chi connectivity index (χ0v) is 19.6. The van der Waals surface area contributed by atoms with Crippen molar-refractivity contribution in [2.75, 3.05) is 0 Å². The molecule has 0 aliphatic heterocycles. The van der Waals surface area contributed by atoms with E-state index in [4.69, 9.17) is 8.85 Å². The molecule has 7 heteroatoms. The molecule has 0 aromatic heterocycles. The Morgan fingerprint density at radius 2 is 1.44 bits per heavy atom. The van der Waals surface area contributed by atoms with Crippen molar-refractivity contribution in [2.45, 2.75) is 109 Å². The predicted octanol–water partition coefficient (Wildman–Crippen LogP) is 4.06. The molecule has 150 valence electrons. The topological polar surface area (TPSA) is 76.0 Å². The van der Waals surface area contributed by atoms with Crippen LogP contribution in [0.5, 0.6) is 0 Å². The Morgan fingerprint density at radius 1 is 0.920 bits per heavy atom. The van der Waals surface area contributed by atoms with E-state index >= 15 is 0 Å². The minimum absolute atomic E-state index is 0.151. The van der Waals surface area contributed by atoms with Crippen molar-refractivity contribution < 1.29 is 23.9 Å². The van der Waals surface area contributed by atoms with Crippen molar-refractivity contribution in [3.8, 4) is 0 Å². The van der Waals surface area contributed by atoms with Crippen LogP contribution in [0.4, 0.5) is 0 Å². The molecule has 0 aliphatic carbocycles. The summed E-state index contributed by atoms with van der Waals surface area (Å²) in [5.74, 6) is -0.331. The van der Waals surface area contributed by atoms with E-state index in [0.717, 1.165) is 0 Å². The van der Waals surface area contributed by atoms with Crippen molar-refractivity contribution in [1.82, 2.24) is 0 Å². The number of aliphatic hydroxyl groups is 2. The summed E-state index contributed by atoms with van der Waals surface area (Å²) in [5.41, 5.74) is 0.665. The fraction of sp³-hybridized carbons (Fsp3) is 0.944. The molecule has 0 amide bonds. The SMILES string of the molecule is CC(=O)OC(C)CC(O)CC(CC(C)O)[Si](C)(C)O[Si](C)(C)C(C)C. The second-order valence-electron chi connectivity index (χ2n) is 8.79. The summed E-state index contributed by atoms with van der Waals surface area (Å²) in [7, 11) is -3.91. The lowest BCUT2D eigenvalue weighted by Crippen LogP contribution is -2.50.